The number of halogens is 1. The maximum absolute atomic E-state index is 12.7. The number of fused-ring (bicyclic) bond motifs is 1. The molecule has 2 aliphatic rings. The number of amides is 1. The predicted molar refractivity (Wildman–Crippen MR) is 91.2 cm³/mol. The molecule has 23 heavy (non-hydrogen) atoms. The number of hydrogen-bond donors (Lipinski definition) is 1. The Bertz CT molecular complexity index is 540. The van der Waals surface area contributed by atoms with Gasteiger partial charge in [-0.25, -0.2) is 0 Å². The van der Waals surface area contributed by atoms with Crippen LogP contribution in [0, 0.1) is 5.92 Å². The number of rotatable bonds is 4. The lowest BCUT2D eigenvalue weighted by atomic mass is 10.0. The molecule has 1 aliphatic heterocycles. The van der Waals surface area contributed by atoms with Crippen molar-refractivity contribution in [2.45, 2.75) is 38.3 Å². The maximum atomic E-state index is 12.7. The highest BCUT2D eigenvalue weighted by molar-refractivity contribution is 5.85. The molecule has 2 N–H and O–H groups in total. The molecule has 1 aromatic carbocycles. The van der Waals surface area contributed by atoms with Crippen LogP contribution in [0.1, 0.15) is 26.2 Å². The van der Waals surface area contributed by atoms with Crippen LogP contribution in [0.2, 0.25) is 0 Å². The zero-order valence-corrected chi connectivity index (χ0v) is 14.3. The van der Waals surface area contributed by atoms with Gasteiger partial charge in [-0.1, -0.05) is 18.6 Å². The normalized spacial score (nSPS) is 25.6. The molecule has 5 nitrogen and oxygen atoms in total. The molecule has 1 saturated carbocycles. The second-order valence-corrected chi connectivity index (χ2v) is 6.08. The zero-order chi connectivity index (χ0) is 15.5. The fourth-order valence-electron chi connectivity index (χ4n) is 3.30. The van der Waals surface area contributed by atoms with Gasteiger partial charge in [0.2, 0.25) is 5.91 Å². The largest absolute Gasteiger partial charge is 0.486 e. The first-order valence-electron chi connectivity index (χ1n) is 8.12. The number of nitrogens with two attached hydrogens (primary N) is 1. The van der Waals surface area contributed by atoms with E-state index in [1.807, 2.05) is 36.1 Å². The van der Waals surface area contributed by atoms with Gasteiger partial charge in [-0.3, -0.25) is 4.79 Å². The smallest absolute Gasteiger partial charge is 0.227 e. The number of nitrogens with zero attached hydrogens (tertiary/aromatic N) is 1. The lowest BCUT2D eigenvalue weighted by Crippen LogP contribution is -2.47. The van der Waals surface area contributed by atoms with Gasteiger partial charge in [0.05, 0.1) is 12.5 Å². The highest BCUT2D eigenvalue weighted by Gasteiger charge is 2.34. The van der Waals surface area contributed by atoms with Crippen LogP contribution in [0.5, 0.6) is 11.5 Å². The number of ether oxygens (including phenoxy) is 2. The lowest BCUT2D eigenvalue weighted by Gasteiger charge is -2.32. The van der Waals surface area contributed by atoms with Crippen LogP contribution >= 0.6 is 12.4 Å². The summed E-state index contributed by atoms with van der Waals surface area (Å²) in [5.41, 5.74) is 6.07. The van der Waals surface area contributed by atoms with Gasteiger partial charge in [0, 0.05) is 12.6 Å². The third-order valence-corrected chi connectivity index (χ3v) is 4.57. The van der Waals surface area contributed by atoms with Crippen LogP contribution < -0.4 is 15.2 Å². The quantitative estimate of drug-likeness (QED) is 0.912. The van der Waals surface area contributed by atoms with Crippen molar-refractivity contribution in [1.29, 1.82) is 0 Å². The van der Waals surface area contributed by atoms with E-state index in [0.717, 1.165) is 30.8 Å². The van der Waals surface area contributed by atoms with Gasteiger partial charge in [-0.15, -0.1) is 12.4 Å². The van der Waals surface area contributed by atoms with E-state index in [4.69, 9.17) is 15.2 Å². The third-order valence-electron chi connectivity index (χ3n) is 4.57. The van der Waals surface area contributed by atoms with Gasteiger partial charge in [0.25, 0.3) is 0 Å². The molecule has 6 heteroatoms. The summed E-state index contributed by atoms with van der Waals surface area (Å²) in [6, 6.07) is 7.64. The number of carbonyl (C=O) groups is 1. The molecular weight excluding hydrogens is 316 g/mol. The molecule has 0 saturated heterocycles. The fraction of sp³-hybridized carbons (Fsp3) is 0.588. The van der Waals surface area contributed by atoms with E-state index >= 15 is 0 Å². The minimum absolute atomic E-state index is 0. The topological polar surface area (TPSA) is 64.8 Å². The van der Waals surface area contributed by atoms with Crippen LogP contribution in [0.4, 0.5) is 0 Å². The first-order chi connectivity index (χ1) is 10.7. The summed E-state index contributed by atoms with van der Waals surface area (Å²) in [6.07, 6.45) is 2.77. The molecule has 0 bridgehead atoms. The van der Waals surface area contributed by atoms with Gasteiger partial charge in [-0.2, -0.15) is 0 Å². The summed E-state index contributed by atoms with van der Waals surface area (Å²) in [5, 5.41) is 0. The van der Waals surface area contributed by atoms with Crippen LogP contribution in [0.15, 0.2) is 24.3 Å². The predicted octanol–water partition coefficient (Wildman–Crippen LogP) is 2.22. The van der Waals surface area contributed by atoms with E-state index in [9.17, 15) is 4.79 Å². The van der Waals surface area contributed by atoms with Crippen molar-refractivity contribution >= 4 is 18.3 Å². The fourth-order valence-corrected chi connectivity index (χ4v) is 3.30. The first-order valence-corrected chi connectivity index (χ1v) is 8.12. The molecule has 1 amide bonds. The molecule has 1 aliphatic carbocycles. The van der Waals surface area contributed by atoms with Crippen LogP contribution in [0.3, 0.4) is 0 Å². The van der Waals surface area contributed by atoms with Crippen molar-refractivity contribution in [1.82, 2.24) is 4.90 Å². The Hall–Kier alpha value is -1.46. The van der Waals surface area contributed by atoms with Gasteiger partial charge >= 0.3 is 0 Å². The minimum Gasteiger partial charge on any atom is -0.486 e. The molecule has 0 radical (unpaired) electrons. The van der Waals surface area contributed by atoms with Crippen molar-refractivity contribution < 1.29 is 14.3 Å². The Morgan fingerprint density at radius 1 is 1.30 bits per heavy atom. The second kappa shape index (κ2) is 7.88. The number of benzene rings is 1. The Morgan fingerprint density at radius 2 is 2.04 bits per heavy atom. The highest BCUT2D eigenvalue weighted by Crippen LogP contribution is 2.31. The van der Waals surface area contributed by atoms with Gasteiger partial charge in [0.1, 0.15) is 6.61 Å². The second-order valence-electron chi connectivity index (χ2n) is 6.08. The van der Waals surface area contributed by atoms with Gasteiger partial charge in [-0.05, 0) is 31.9 Å². The van der Waals surface area contributed by atoms with Crippen LogP contribution in [-0.2, 0) is 4.79 Å². The number of hydrogen-bond acceptors (Lipinski definition) is 4. The monoisotopic (exact) mass is 340 g/mol. The molecule has 3 unspecified atom stereocenters. The molecule has 3 rings (SSSR count). The molecule has 0 spiro atoms. The van der Waals surface area contributed by atoms with Crippen molar-refractivity contribution in [3.8, 4) is 11.5 Å². The van der Waals surface area contributed by atoms with E-state index < -0.39 is 0 Å². The zero-order valence-electron chi connectivity index (χ0n) is 13.4. The Kier molecular flexibility index (Phi) is 6.13. The first kappa shape index (κ1) is 17.9. The van der Waals surface area contributed by atoms with Crippen molar-refractivity contribution in [2.75, 3.05) is 19.7 Å². The number of para-hydroxylation sites is 2. The molecule has 0 aromatic heterocycles. The lowest BCUT2D eigenvalue weighted by molar-refractivity contribution is -0.137. The van der Waals surface area contributed by atoms with Gasteiger partial charge in [0.15, 0.2) is 17.6 Å². The standard InChI is InChI=1S/C17H24N2O3.ClH/c1-2-19(17(20)13-6-5-7-14(13)18)10-12-11-21-15-8-3-4-9-16(15)22-12;/h3-4,8-9,12-14H,2,5-7,10-11,18H2,1H3;1H. The van der Waals surface area contributed by atoms with Crippen molar-refractivity contribution in [3.05, 3.63) is 24.3 Å². The number of carbonyl (C=O) groups excluding carboxylic acids is 1. The summed E-state index contributed by atoms with van der Waals surface area (Å²) in [4.78, 5) is 14.5. The average Bonchev–Trinajstić information content (AvgIpc) is 2.98. The third kappa shape index (κ3) is 3.90. The highest BCUT2D eigenvalue weighted by atomic mass is 35.5. The van der Waals surface area contributed by atoms with E-state index in [2.05, 4.69) is 0 Å². The number of likely N-dealkylation sites (N-methyl/N-ethyl adjacent to an activating group) is 1. The SMILES string of the molecule is CCN(CC1COc2ccccc2O1)C(=O)C1CCCC1N.Cl. The summed E-state index contributed by atoms with van der Waals surface area (Å²) in [5.74, 6) is 1.65. The van der Waals surface area contributed by atoms with E-state index in [1.165, 1.54) is 0 Å². The molecular formula is C17H25ClN2O3. The van der Waals surface area contributed by atoms with Crippen LogP contribution in [0.25, 0.3) is 0 Å². The minimum atomic E-state index is -0.128. The molecule has 3 atom stereocenters. The van der Waals surface area contributed by atoms with E-state index in [0.29, 0.717) is 19.7 Å². The maximum Gasteiger partial charge on any atom is 0.227 e. The van der Waals surface area contributed by atoms with Crippen molar-refractivity contribution in [2.24, 2.45) is 11.7 Å². The molecule has 1 heterocycles. The summed E-state index contributed by atoms with van der Waals surface area (Å²) in [7, 11) is 0. The molecule has 1 fully saturated rings. The molecule has 1 aromatic rings. The van der Waals surface area contributed by atoms with Crippen molar-refractivity contribution in [3.63, 3.8) is 0 Å². The Balaban J connectivity index is 0.00000192. The van der Waals surface area contributed by atoms with E-state index in [-0.39, 0.29) is 36.4 Å². The Labute approximate surface area is 143 Å². The van der Waals surface area contributed by atoms with Crippen LogP contribution in [-0.4, -0.2) is 42.6 Å². The Morgan fingerprint density at radius 3 is 2.70 bits per heavy atom. The van der Waals surface area contributed by atoms with Gasteiger partial charge < -0.3 is 20.1 Å². The van der Waals surface area contributed by atoms with E-state index in [1.54, 1.807) is 0 Å². The molecule has 128 valence electrons. The summed E-state index contributed by atoms with van der Waals surface area (Å²) >= 11 is 0. The average molecular weight is 341 g/mol. The summed E-state index contributed by atoms with van der Waals surface area (Å²) in [6.45, 7) is 3.68. The summed E-state index contributed by atoms with van der Waals surface area (Å²) < 4.78 is 11.7.